The van der Waals surface area contributed by atoms with Gasteiger partial charge in [-0.15, -0.1) is 0 Å². The number of hydrogen-bond acceptors (Lipinski definition) is 1. The maximum absolute atomic E-state index is 6.32. The summed E-state index contributed by atoms with van der Waals surface area (Å²) in [5, 5.41) is 0. The van der Waals surface area contributed by atoms with Gasteiger partial charge in [0.05, 0.1) is 5.76 Å². The molecule has 0 unspecified atom stereocenters. The van der Waals surface area contributed by atoms with Crippen LogP contribution in [0, 0.1) is 22.7 Å². The second-order valence-electron chi connectivity index (χ2n) is 8.46. The lowest BCUT2D eigenvalue weighted by Crippen LogP contribution is -2.58. The predicted molar refractivity (Wildman–Crippen MR) is 79.8 cm³/mol. The van der Waals surface area contributed by atoms with Gasteiger partial charge >= 0.3 is 0 Å². The number of allylic oxidation sites excluding steroid dienone is 2. The first-order valence-electron chi connectivity index (χ1n) is 8.14. The maximum Gasteiger partial charge on any atom is 0.109 e. The molecule has 1 nitrogen and oxygen atoms in total. The van der Waals surface area contributed by atoms with Crippen molar-refractivity contribution in [2.75, 3.05) is 0 Å². The molecular formula is C18H30O. The van der Waals surface area contributed by atoms with E-state index in [1.165, 1.54) is 38.5 Å². The molecule has 3 aliphatic rings. The van der Waals surface area contributed by atoms with Crippen molar-refractivity contribution in [2.24, 2.45) is 22.7 Å². The highest BCUT2D eigenvalue weighted by Gasteiger charge is 2.59. The highest BCUT2D eigenvalue weighted by Crippen LogP contribution is 2.64. The van der Waals surface area contributed by atoms with Crippen molar-refractivity contribution in [1.82, 2.24) is 0 Å². The second kappa shape index (κ2) is 4.02. The van der Waals surface area contributed by atoms with Gasteiger partial charge in [0.25, 0.3) is 0 Å². The zero-order chi connectivity index (χ0) is 13.9. The van der Waals surface area contributed by atoms with Crippen molar-refractivity contribution in [3.8, 4) is 0 Å². The fourth-order valence-corrected chi connectivity index (χ4v) is 5.94. The summed E-state index contributed by atoms with van der Waals surface area (Å²) < 4.78 is 6.32. The van der Waals surface area contributed by atoms with Crippen LogP contribution in [0.15, 0.2) is 11.8 Å². The molecule has 2 fully saturated rings. The topological polar surface area (TPSA) is 9.23 Å². The van der Waals surface area contributed by atoms with Crippen molar-refractivity contribution in [1.29, 1.82) is 0 Å². The molecule has 3 rings (SSSR count). The van der Waals surface area contributed by atoms with Crippen LogP contribution in [-0.2, 0) is 4.74 Å². The van der Waals surface area contributed by atoms with Crippen LogP contribution in [0.4, 0.5) is 0 Å². The van der Waals surface area contributed by atoms with E-state index >= 15 is 0 Å². The molecule has 1 heterocycles. The lowest BCUT2D eigenvalue weighted by molar-refractivity contribution is -0.181. The van der Waals surface area contributed by atoms with E-state index in [4.69, 9.17) is 4.74 Å². The Morgan fingerprint density at radius 1 is 1.05 bits per heavy atom. The third kappa shape index (κ3) is 1.87. The highest BCUT2D eigenvalue weighted by atomic mass is 16.5. The van der Waals surface area contributed by atoms with Gasteiger partial charge in [-0.3, -0.25) is 0 Å². The van der Waals surface area contributed by atoms with E-state index in [1.807, 2.05) is 0 Å². The minimum absolute atomic E-state index is 0.0947. The third-order valence-corrected chi connectivity index (χ3v) is 6.77. The van der Waals surface area contributed by atoms with Crippen LogP contribution in [-0.4, -0.2) is 5.60 Å². The highest BCUT2D eigenvalue weighted by molar-refractivity contribution is 5.13. The molecule has 0 N–H and O–H groups in total. The summed E-state index contributed by atoms with van der Waals surface area (Å²) in [4.78, 5) is 0. The van der Waals surface area contributed by atoms with Gasteiger partial charge in [-0.05, 0) is 68.8 Å². The molecule has 0 aromatic carbocycles. The fourth-order valence-electron chi connectivity index (χ4n) is 5.94. The van der Waals surface area contributed by atoms with E-state index in [0.29, 0.717) is 16.7 Å². The van der Waals surface area contributed by atoms with E-state index < -0.39 is 0 Å². The van der Waals surface area contributed by atoms with E-state index in [9.17, 15) is 0 Å². The zero-order valence-corrected chi connectivity index (χ0v) is 13.4. The Morgan fingerprint density at radius 3 is 2.53 bits per heavy atom. The number of ether oxygens (including phenoxy) is 1. The molecule has 0 radical (unpaired) electrons. The molecule has 108 valence electrons. The minimum atomic E-state index is 0.0947. The molecule has 2 saturated carbocycles. The van der Waals surface area contributed by atoms with Crippen LogP contribution < -0.4 is 0 Å². The predicted octanol–water partition coefficient (Wildman–Crippen LogP) is 5.31. The smallest absolute Gasteiger partial charge is 0.109 e. The van der Waals surface area contributed by atoms with E-state index in [1.54, 1.807) is 0 Å². The van der Waals surface area contributed by atoms with Gasteiger partial charge in [0, 0.05) is 5.92 Å². The average molecular weight is 262 g/mol. The van der Waals surface area contributed by atoms with Gasteiger partial charge < -0.3 is 4.74 Å². The Labute approximate surface area is 118 Å². The fraction of sp³-hybridized carbons (Fsp3) is 0.889. The maximum atomic E-state index is 6.32. The molecule has 2 aliphatic carbocycles. The van der Waals surface area contributed by atoms with Crippen molar-refractivity contribution >= 4 is 0 Å². The Kier molecular flexibility index (Phi) is 2.86. The molecule has 19 heavy (non-hydrogen) atoms. The van der Waals surface area contributed by atoms with Gasteiger partial charge in [0.2, 0.25) is 0 Å². The minimum Gasteiger partial charge on any atom is -0.492 e. The normalized spacial score (nSPS) is 48.6. The number of rotatable bonds is 0. The lowest BCUT2D eigenvalue weighted by Gasteiger charge is -2.62. The van der Waals surface area contributed by atoms with Gasteiger partial charge in [-0.25, -0.2) is 0 Å². The van der Waals surface area contributed by atoms with Gasteiger partial charge in [-0.1, -0.05) is 27.2 Å². The van der Waals surface area contributed by atoms with Crippen molar-refractivity contribution < 1.29 is 4.74 Å². The molecule has 1 aliphatic heterocycles. The second-order valence-corrected chi connectivity index (χ2v) is 8.46. The van der Waals surface area contributed by atoms with Gasteiger partial charge in [0.1, 0.15) is 5.60 Å². The largest absolute Gasteiger partial charge is 0.492 e. The monoisotopic (exact) mass is 262 g/mol. The van der Waals surface area contributed by atoms with Crippen LogP contribution in [0.2, 0.25) is 0 Å². The summed E-state index contributed by atoms with van der Waals surface area (Å²) in [6, 6.07) is 0. The Balaban J connectivity index is 1.99. The average Bonchev–Trinajstić information content (AvgIpc) is 2.25. The number of hydrogen-bond donors (Lipinski definition) is 0. The Morgan fingerprint density at radius 2 is 1.79 bits per heavy atom. The quantitative estimate of drug-likeness (QED) is 0.574. The molecule has 0 bridgehead atoms. The van der Waals surface area contributed by atoms with E-state index in [2.05, 4.69) is 40.7 Å². The molecule has 0 amide bonds. The molecular weight excluding hydrogens is 232 g/mol. The first-order chi connectivity index (χ1) is 8.78. The molecule has 1 heteroatoms. The van der Waals surface area contributed by atoms with Crippen LogP contribution >= 0.6 is 0 Å². The summed E-state index contributed by atoms with van der Waals surface area (Å²) in [7, 11) is 0. The Hall–Kier alpha value is -0.460. The van der Waals surface area contributed by atoms with E-state index in [0.717, 1.165) is 11.7 Å². The van der Waals surface area contributed by atoms with Crippen LogP contribution in [0.1, 0.15) is 73.1 Å². The SMILES string of the molecule is CC1=CC[C@@H]2[C@@]3(C)CCCC(C)(C)[C@@H]3CC[C@]2(C)O1. The summed E-state index contributed by atoms with van der Waals surface area (Å²) >= 11 is 0. The third-order valence-electron chi connectivity index (χ3n) is 6.77. The molecule has 0 saturated heterocycles. The first-order valence-corrected chi connectivity index (χ1v) is 8.14. The molecule has 0 aromatic heterocycles. The summed E-state index contributed by atoms with van der Waals surface area (Å²) in [5.41, 5.74) is 1.09. The van der Waals surface area contributed by atoms with Crippen molar-refractivity contribution in [2.45, 2.75) is 78.7 Å². The first kappa shape index (κ1) is 13.5. The molecule has 4 atom stereocenters. The van der Waals surface area contributed by atoms with E-state index in [-0.39, 0.29) is 5.60 Å². The van der Waals surface area contributed by atoms with Gasteiger partial charge in [0.15, 0.2) is 0 Å². The summed E-state index contributed by atoms with van der Waals surface area (Å²) in [6.45, 7) is 12.1. The summed E-state index contributed by atoms with van der Waals surface area (Å²) in [5.74, 6) is 2.74. The van der Waals surface area contributed by atoms with Crippen molar-refractivity contribution in [3.05, 3.63) is 11.8 Å². The van der Waals surface area contributed by atoms with Crippen LogP contribution in [0.3, 0.4) is 0 Å². The summed E-state index contributed by atoms with van der Waals surface area (Å²) in [6.07, 6.45) is 10.4. The lowest BCUT2D eigenvalue weighted by atomic mass is 9.45. The van der Waals surface area contributed by atoms with Crippen LogP contribution in [0.25, 0.3) is 0 Å². The molecule has 0 aromatic rings. The van der Waals surface area contributed by atoms with Gasteiger partial charge in [-0.2, -0.15) is 0 Å². The number of fused-ring (bicyclic) bond motifs is 3. The Bertz CT molecular complexity index is 408. The van der Waals surface area contributed by atoms with Crippen LogP contribution in [0.5, 0.6) is 0 Å². The molecule has 0 spiro atoms. The standard InChI is InChI=1S/C18H30O/c1-13-7-8-15-17(4)11-6-10-16(2,3)14(17)9-12-18(15,5)19-13/h7,14-15H,6,8-12H2,1-5H3/t14-,15+,17-,18-/m0/s1. The zero-order valence-electron chi connectivity index (χ0n) is 13.4. The van der Waals surface area contributed by atoms with Crippen molar-refractivity contribution in [3.63, 3.8) is 0 Å².